The number of allylic oxidation sites excluding steroid dienone is 5. The van der Waals surface area contributed by atoms with Gasteiger partial charge in [-0.1, -0.05) is 92.2 Å². The number of nitrogens with one attached hydrogen (secondary N) is 1. The molecule has 0 aromatic heterocycles. The maximum Gasteiger partial charge on any atom is 0.317 e. The Morgan fingerprint density at radius 3 is 2.32 bits per heavy atom. The molecular formula is C39H61N3O2. The second-order valence-electron chi connectivity index (χ2n) is 17.6. The van der Waals surface area contributed by atoms with E-state index in [1.807, 2.05) is 24.8 Å². The molecule has 0 radical (unpaired) electrons. The molecule has 4 aliphatic rings. The van der Waals surface area contributed by atoms with Gasteiger partial charge in [0.2, 0.25) is 0 Å². The van der Waals surface area contributed by atoms with E-state index in [1.165, 1.54) is 12.0 Å². The molecule has 244 valence electrons. The van der Waals surface area contributed by atoms with Crippen LogP contribution in [-0.2, 0) is 4.79 Å². The van der Waals surface area contributed by atoms with Gasteiger partial charge in [0.05, 0.1) is 5.57 Å². The molecule has 44 heavy (non-hydrogen) atoms. The lowest BCUT2D eigenvalue weighted by molar-refractivity contribution is -0.131. The van der Waals surface area contributed by atoms with Crippen molar-refractivity contribution in [2.24, 2.45) is 38.9 Å². The van der Waals surface area contributed by atoms with Gasteiger partial charge in [-0.05, 0) is 99.2 Å². The molecule has 3 aliphatic carbocycles. The molecule has 1 aliphatic heterocycles. The van der Waals surface area contributed by atoms with Crippen molar-refractivity contribution in [3.8, 4) is 6.07 Å². The van der Waals surface area contributed by atoms with Crippen LogP contribution in [-0.4, -0.2) is 35.3 Å². The molecule has 5 heteroatoms. The van der Waals surface area contributed by atoms with E-state index < -0.39 is 10.8 Å². The largest absolute Gasteiger partial charge is 0.332 e. The van der Waals surface area contributed by atoms with Gasteiger partial charge in [-0.15, -0.1) is 0 Å². The zero-order valence-electron chi connectivity index (χ0n) is 29.7. The summed E-state index contributed by atoms with van der Waals surface area (Å²) in [4.78, 5) is 29.2. The van der Waals surface area contributed by atoms with E-state index in [2.05, 4.69) is 79.4 Å². The Kier molecular flexibility index (Phi) is 9.24. The summed E-state index contributed by atoms with van der Waals surface area (Å²) >= 11 is 0. The van der Waals surface area contributed by atoms with Crippen LogP contribution in [0.5, 0.6) is 0 Å². The van der Waals surface area contributed by atoms with E-state index in [0.29, 0.717) is 11.5 Å². The number of hydrogen-bond donors (Lipinski definition) is 1. The van der Waals surface area contributed by atoms with Crippen LogP contribution in [0.25, 0.3) is 0 Å². The first-order chi connectivity index (χ1) is 20.2. The molecular weight excluding hydrogens is 542 g/mol. The van der Waals surface area contributed by atoms with Crippen molar-refractivity contribution >= 4 is 11.8 Å². The van der Waals surface area contributed by atoms with Gasteiger partial charge in [-0.25, -0.2) is 4.79 Å². The molecule has 1 N–H and O–H groups in total. The predicted octanol–water partition coefficient (Wildman–Crippen LogP) is 9.56. The van der Waals surface area contributed by atoms with Gasteiger partial charge in [0, 0.05) is 29.5 Å². The lowest BCUT2D eigenvalue weighted by Gasteiger charge is -2.61. The molecule has 0 aromatic rings. The number of Topliss-reactive ketones (excluding diaryl/α,β-unsaturated/α-hetero) is 1. The minimum absolute atomic E-state index is 0.0272. The normalized spacial score (nSPS) is 36.2. The maximum atomic E-state index is 13.7. The molecule has 2 amide bonds. The van der Waals surface area contributed by atoms with Crippen molar-refractivity contribution in [3.05, 3.63) is 35.5 Å². The van der Waals surface area contributed by atoms with E-state index in [9.17, 15) is 14.9 Å². The number of amides is 2. The number of fused-ring (bicyclic) bond motifs is 1. The fraction of sp³-hybridized carbons (Fsp3) is 0.769. The molecule has 0 spiro atoms. The highest BCUT2D eigenvalue weighted by atomic mass is 16.2. The Labute approximate surface area is 269 Å². The Morgan fingerprint density at radius 2 is 1.75 bits per heavy atom. The third-order valence-corrected chi connectivity index (χ3v) is 13.2. The van der Waals surface area contributed by atoms with Gasteiger partial charge >= 0.3 is 6.03 Å². The van der Waals surface area contributed by atoms with Crippen LogP contribution in [0.1, 0.15) is 133 Å². The van der Waals surface area contributed by atoms with Crippen molar-refractivity contribution in [1.82, 2.24) is 10.2 Å². The Balaban J connectivity index is 1.71. The van der Waals surface area contributed by atoms with E-state index in [-0.39, 0.29) is 39.5 Å². The number of carbonyl (C=O) groups is 2. The average molecular weight is 604 g/mol. The summed E-state index contributed by atoms with van der Waals surface area (Å²) in [6.07, 6.45) is 14.7. The predicted molar refractivity (Wildman–Crippen MR) is 181 cm³/mol. The molecule has 1 saturated heterocycles. The number of urea groups is 1. The number of piperidine rings is 1. The number of likely N-dealkylation sites (tertiary alicyclic amines) is 1. The average Bonchev–Trinajstić information content (AvgIpc) is 2.94. The highest BCUT2D eigenvalue weighted by molar-refractivity contribution is 6.04. The number of rotatable bonds is 6. The fourth-order valence-corrected chi connectivity index (χ4v) is 9.91. The van der Waals surface area contributed by atoms with Crippen LogP contribution in [0, 0.1) is 50.2 Å². The van der Waals surface area contributed by atoms with Gasteiger partial charge in [0.25, 0.3) is 0 Å². The zero-order valence-corrected chi connectivity index (χ0v) is 29.7. The number of ketones is 1. The zero-order chi connectivity index (χ0) is 32.9. The Bertz CT molecular complexity index is 1270. The summed E-state index contributed by atoms with van der Waals surface area (Å²) in [6.45, 7) is 28.8. The van der Waals surface area contributed by atoms with Crippen molar-refractivity contribution < 1.29 is 9.59 Å². The third-order valence-electron chi connectivity index (χ3n) is 13.2. The first kappa shape index (κ1) is 34.5. The third kappa shape index (κ3) is 5.96. The SMILES string of the molecule is C=C(C)/C=C1/[C@@]2(C)C=C(C#N)C(=O)C(C)(C)[C@@H]2CC[C@@]1(C)C(C)(C)CC[C@@]1(NC(=O)N2CCCCC2)CCC(C)(C)CC1C. The van der Waals surface area contributed by atoms with Gasteiger partial charge in [0.1, 0.15) is 6.07 Å². The lowest BCUT2D eigenvalue weighted by Crippen LogP contribution is -2.60. The van der Waals surface area contributed by atoms with Crippen molar-refractivity contribution in [2.45, 2.75) is 139 Å². The summed E-state index contributed by atoms with van der Waals surface area (Å²) in [7, 11) is 0. The molecule has 1 unspecified atom stereocenters. The van der Waals surface area contributed by atoms with Gasteiger partial charge in [-0.2, -0.15) is 5.26 Å². The smallest absolute Gasteiger partial charge is 0.317 e. The second kappa shape index (κ2) is 11.8. The highest BCUT2D eigenvalue weighted by Gasteiger charge is 2.61. The minimum atomic E-state index is -0.610. The quantitative estimate of drug-likeness (QED) is 0.328. The number of carbonyl (C=O) groups excluding carboxylic acids is 2. The highest BCUT2D eigenvalue weighted by Crippen LogP contribution is 2.67. The van der Waals surface area contributed by atoms with Crippen molar-refractivity contribution in [3.63, 3.8) is 0 Å². The van der Waals surface area contributed by atoms with Crippen LogP contribution in [0.3, 0.4) is 0 Å². The van der Waals surface area contributed by atoms with Crippen molar-refractivity contribution in [1.29, 1.82) is 5.26 Å². The standard InChI is InChI=1S/C39H61N3O2/c1-27(2)23-31-37(10)25-29(26-40)32(43)36(8,9)30(37)15-16-38(31,11)35(6,7)18-20-39(19-17-34(4,5)24-28(39)3)41-33(44)42-21-13-12-14-22-42/h23,25,28,30H,1,12-22,24H2,2-11H3,(H,41,44)/b31-23-/t28?,30-,37-,38+,39-/m0/s1. The second-order valence-corrected chi connectivity index (χ2v) is 17.6. The Hall–Kier alpha value is -2.35. The number of hydrogen-bond acceptors (Lipinski definition) is 3. The molecule has 1 heterocycles. The number of nitrogens with zero attached hydrogens (tertiary/aromatic N) is 2. The van der Waals surface area contributed by atoms with E-state index >= 15 is 0 Å². The van der Waals surface area contributed by atoms with Crippen LogP contribution in [0.15, 0.2) is 35.5 Å². The minimum Gasteiger partial charge on any atom is -0.332 e. The molecule has 2 saturated carbocycles. The fourth-order valence-electron chi connectivity index (χ4n) is 9.91. The summed E-state index contributed by atoms with van der Waals surface area (Å²) in [5, 5.41) is 13.7. The lowest BCUT2D eigenvalue weighted by atomic mass is 9.42. The van der Waals surface area contributed by atoms with Crippen molar-refractivity contribution in [2.75, 3.05) is 13.1 Å². The Morgan fingerprint density at radius 1 is 1.11 bits per heavy atom. The van der Waals surface area contributed by atoms with Gasteiger partial charge in [0.15, 0.2) is 5.78 Å². The topological polar surface area (TPSA) is 73.2 Å². The van der Waals surface area contributed by atoms with Gasteiger partial charge in [-0.3, -0.25) is 4.79 Å². The molecule has 0 aromatic carbocycles. The molecule has 5 atom stereocenters. The summed E-state index contributed by atoms with van der Waals surface area (Å²) in [5.41, 5.74) is 1.32. The number of nitriles is 1. The summed E-state index contributed by atoms with van der Waals surface area (Å²) in [6, 6.07) is 2.38. The van der Waals surface area contributed by atoms with Gasteiger partial charge < -0.3 is 10.2 Å². The van der Waals surface area contributed by atoms with Crippen LogP contribution in [0.2, 0.25) is 0 Å². The first-order valence-corrected chi connectivity index (χ1v) is 17.4. The summed E-state index contributed by atoms with van der Waals surface area (Å²) in [5.74, 6) is 0.471. The monoisotopic (exact) mass is 603 g/mol. The van der Waals surface area contributed by atoms with Crippen LogP contribution < -0.4 is 5.32 Å². The van der Waals surface area contributed by atoms with E-state index in [0.717, 1.165) is 76.5 Å². The molecule has 4 rings (SSSR count). The molecule has 0 bridgehead atoms. The molecule has 5 nitrogen and oxygen atoms in total. The van der Waals surface area contributed by atoms with Crippen LogP contribution >= 0.6 is 0 Å². The molecule has 3 fully saturated rings. The van der Waals surface area contributed by atoms with E-state index in [4.69, 9.17) is 0 Å². The summed E-state index contributed by atoms with van der Waals surface area (Å²) < 4.78 is 0. The maximum absolute atomic E-state index is 13.7. The first-order valence-electron chi connectivity index (χ1n) is 17.4. The van der Waals surface area contributed by atoms with Crippen LogP contribution in [0.4, 0.5) is 4.79 Å². The van der Waals surface area contributed by atoms with E-state index in [1.54, 1.807) is 0 Å².